The Balaban J connectivity index is 1.88. The summed E-state index contributed by atoms with van der Waals surface area (Å²) in [5.74, 6) is 1.32. The van der Waals surface area contributed by atoms with Crippen molar-refractivity contribution >= 4 is 34.7 Å². The summed E-state index contributed by atoms with van der Waals surface area (Å²) in [6, 6.07) is 11.5. The normalized spacial score (nSPS) is 10.5. The van der Waals surface area contributed by atoms with E-state index in [-0.39, 0.29) is 5.82 Å². The molecule has 0 aliphatic carbocycles. The molecule has 0 unspecified atom stereocenters. The summed E-state index contributed by atoms with van der Waals surface area (Å²) >= 11 is 6.15. The molecule has 0 saturated heterocycles. The van der Waals surface area contributed by atoms with Gasteiger partial charge in [0.15, 0.2) is 0 Å². The summed E-state index contributed by atoms with van der Waals surface area (Å²) < 4.78 is 18.4. The Morgan fingerprint density at radius 2 is 1.73 bits per heavy atom. The summed E-state index contributed by atoms with van der Waals surface area (Å²) in [4.78, 5) is 8.82. The molecule has 26 heavy (non-hydrogen) atoms. The van der Waals surface area contributed by atoms with Gasteiger partial charge in [0.25, 0.3) is 0 Å². The summed E-state index contributed by atoms with van der Waals surface area (Å²) in [5.41, 5.74) is 3.14. The van der Waals surface area contributed by atoms with Crippen molar-refractivity contribution in [3.63, 3.8) is 0 Å². The maximum absolute atomic E-state index is 13.0. The Morgan fingerprint density at radius 3 is 2.42 bits per heavy atom. The Bertz CT molecular complexity index is 932. The third-order valence-electron chi connectivity index (χ3n) is 3.70. The molecule has 0 amide bonds. The quantitative estimate of drug-likeness (QED) is 0.629. The van der Waals surface area contributed by atoms with Crippen molar-refractivity contribution < 1.29 is 9.13 Å². The second-order valence-corrected chi connectivity index (χ2v) is 6.18. The maximum Gasteiger partial charge on any atom is 0.229 e. The van der Waals surface area contributed by atoms with Crippen LogP contribution in [0.5, 0.6) is 5.75 Å². The van der Waals surface area contributed by atoms with Gasteiger partial charge < -0.3 is 15.4 Å². The van der Waals surface area contributed by atoms with Gasteiger partial charge in [0.1, 0.15) is 17.4 Å². The first-order valence-electron chi connectivity index (χ1n) is 7.94. The lowest BCUT2D eigenvalue weighted by atomic mass is 10.2. The third kappa shape index (κ3) is 4.21. The van der Waals surface area contributed by atoms with E-state index in [0.29, 0.717) is 28.2 Å². The minimum absolute atomic E-state index is 0.298. The van der Waals surface area contributed by atoms with Crippen molar-refractivity contribution in [1.29, 1.82) is 0 Å². The molecule has 0 fully saturated rings. The molecule has 3 aromatic rings. The molecule has 2 N–H and O–H groups in total. The number of nitrogens with zero attached hydrogens (tertiary/aromatic N) is 2. The molecular weight excluding hydrogens is 355 g/mol. The number of rotatable bonds is 5. The van der Waals surface area contributed by atoms with Gasteiger partial charge >= 0.3 is 0 Å². The largest absolute Gasteiger partial charge is 0.495 e. The van der Waals surface area contributed by atoms with Crippen LogP contribution in [0.25, 0.3) is 0 Å². The molecule has 0 radical (unpaired) electrons. The highest BCUT2D eigenvalue weighted by Crippen LogP contribution is 2.33. The summed E-state index contributed by atoms with van der Waals surface area (Å²) in [7, 11) is 1.58. The van der Waals surface area contributed by atoms with Crippen molar-refractivity contribution in [3.05, 3.63) is 64.6 Å². The van der Waals surface area contributed by atoms with Crippen LogP contribution in [0.2, 0.25) is 5.02 Å². The van der Waals surface area contributed by atoms with Crippen LogP contribution in [0.3, 0.4) is 0 Å². The smallest absolute Gasteiger partial charge is 0.229 e. The van der Waals surface area contributed by atoms with Crippen molar-refractivity contribution in [1.82, 2.24) is 9.97 Å². The summed E-state index contributed by atoms with van der Waals surface area (Å²) in [6.07, 6.45) is 0. The van der Waals surface area contributed by atoms with Crippen LogP contribution in [-0.2, 0) is 0 Å². The fourth-order valence-corrected chi connectivity index (χ4v) is 2.57. The first-order chi connectivity index (χ1) is 12.4. The van der Waals surface area contributed by atoms with Gasteiger partial charge in [-0.15, -0.1) is 0 Å². The Kier molecular flexibility index (Phi) is 5.23. The molecule has 0 bridgehead atoms. The van der Waals surface area contributed by atoms with Crippen molar-refractivity contribution in [2.24, 2.45) is 0 Å². The molecule has 2 aromatic carbocycles. The van der Waals surface area contributed by atoms with Gasteiger partial charge in [-0.25, -0.2) is 9.37 Å². The molecule has 0 spiro atoms. The zero-order chi connectivity index (χ0) is 18.7. The molecule has 0 aliphatic heterocycles. The van der Waals surface area contributed by atoms with Crippen molar-refractivity contribution in [3.8, 4) is 5.75 Å². The van der Waals surface area contributed by atoms with E-state index in [9.17, 15) is 4.39 Å². The molecule has 0 aliphatic rings. The van der Waals surface area contributed by atoms with Gasteiger partial charge in [0.2, 0.25) is 5.95 Å². The van der Waals surface area contributed by atoms with E-state index >= 15 is 0 Å². The van der Waals surface area contributed by atoms with Crippen LogP contribution in [-0.4, -0.2) is 17.1 Å². The number of anilines is 4. The summed E-state index contributed by atoms with van der Waals surface area (Å²) in [6.45, 7) is 3.78. The van der Waals surface area contributed by atoms with Gasteiger partial charge in [-0.05, 0) is 49.7 Å². The van der Waals surface area contributed by atoms with Gasteiger partial charge in [0, 0.05) is 28.5 Å². The Morgan fingerprint density at radius 1 is 1.00 bits per heavy atom. The first kappa shape index (κ1) is 17.9. The van der Waals surface area contributed by atoms with Crippen LogP contribution in [0.1, 0.15) is 11.3 Å². The van der Waals surface area contributed by atoms with Gasteiger partial charge in [0.05, 0.1) is 12.8 Å². The van der Waals surface area contributed by atoms with E-state index < -0.39 is 0 Å². The number of methoxy groups -OCH3 is 1. The van der Waals surface area contributed by atoms with Crippen LogP contribution >= 0.6 is 11.6 Å². The van der Waals surface area contributed by atoms with E-state index in [1.165, 1.54) is 12.1 Å². The number of ether oxygens (including phenoxy) is 1. The van der Waals surface area contributed by atoms with Crippen LogP contribution in [0.4, 0.5) is 27.5 Å². The zero-order valence-electron chi connectivity index (χ0n) is 14.6. The van der Waals surface area contributed by atoms with Gasteiger partial charge in [-0.1, -0.05) is 11.6 Å². The number of benzene rings is 2. The topological polar surface area (TPSA) is 59.1 Å². The molecule has 1 aromatic heterocycles. The molecule has 0 saturated carbocycles. The SMILES string of the molecule is COc1cc(Cl)c(C)cc1Nc1cc(C)nc(Nc2ccc(F)cc2)n1. The first-order valence-corrected chi connectivity index (χ1v) is 8.32. The highest BCUT2D eigenvalue weighted by molar-refractivity contribution is 6.31. The number of nitrogens with one attached hydrogen (secondary N) is 2. The molecular formula is C19H18ClFN4O. The molecule has 7 heteroatoms. The highest BCUT2D eigenvalue weighted by atomic mass is 35.5. The van der Waals surface area contributed by atoms with Crippen molar-refractivity contribution in [2.45, 2.75) is 13.8 Å². The van der Waals surface area contributed by atoms with Crippen LogP contribution in [0, 0.1) is 19.7 Å². The highest BCUT2D eigenvalue weighted by Gasteiger charge is 2.10. The van der Waals surface area contributed by atoms with E-state index in [1.54, 1.807) is 25.3 Å². The van der Waals surface area contributed by atoms with E-state index in [2.05, 4.69) is 20.6 Å². The number of halogens is 2. The number of aryl methyl sites for hydroxylation is 2. The second-order valence-electron chi connectivity index (χ2n) is 5.78. The minimum atomic E-state index is -0.298. The van der Waals surface area contributed by atoms with Gasteiger partial charge in [-0.3, -0.25) is 0 Å². The maximum atomic E-state index is 13.0. The molecule has 3 rings (SSSR count). The lowest BCUT2D eigenvalue weighted by Crippen LogP contribution is -2.03. The monoisotopic (exact) mass is 372 g/mol. The minimum Gasteiger partial charge on any atom is -0.495 e. The Labute approximate surface area is 156 Å². The second kappa shape index (κ2) is 7.58. The average Bonchev–Trinajstić information content (AvgIpc) is 2.59. The lowest BCUT2D eigenvalue weighted by molar-refractivity contribution is 0.416. The Hall–Kier alpha value is -2.86. The van der Waals surface area contributed by atoms with E-state index in [4.69, 9.17) is 16.3 Å². The number of hydrogen-bond donors (Lipinski definition) is 2. The summed E-state index contributed by atoms with van der Waals surface area (Å²) in [5, 5.41) is 6.93. The zero-order valence-corrected chi connectivity index (χ0v) is 15.4. The van der Waals surface area contributed by atoms with Crippen LogP contribution < -0.4 is 15.4 Å². The van der Waals surface area contributed by atoms with Crippen molar-refractivity contribution in [2.75, 3.05) is 17.7 Å². The van der Waals surface area contributed by atoms with Gasteiger partial charge in [-0.2, -0.15) is 4.98 Å². The molecule has 134 valence electrons. The predicted octanol–water partition coefficient (Wildman–Crippen LogP) is 5.38. The molecule has 5 nitrogen and oxygen atoms in total. The van der Waals surface area contributed by atoms with E-state index in [1.807, 2.05) is 26.0 Å². The fourth-order valence-electron chi connectivity index (χ4n) is 2.42. The fraction of sp³-hybridized carbons (Fsp3) is 0.158. The standard InChI is InChI=1S/C19H18ClFN4O/c1-11-8-16(17(26-3)10-15(11)20)24-18-9-12(2)22-19(25-18)23-14-6-4-13(21)5-7-14/h4-10H,1-3H3,(H2,22,23,24,25). The predicted molar refractivity (Wildman–Crippen MR) is 102 cm³/mol. The molecule has 0 atom stereocenters. The van der Waals surface area contributed by atoms with E-state index in [0.717, 1.165) is 16.9 Å². The number of aromatic nitrogens is 2. The average molecular weight is 373 g/mol. The molecule has 1 heterocycles. The lowest BCUT2D eigenvalue weighted by Gasteiger charge is -2.14. The van der Waals surface area contributed by atoms with Crippen LogP contribution in [0.15, 0.2) is 42.5 Å². The third-order valence-corrected chi connectivity index (χ3v) is 4.11. The number of hydrogen-bond acceptors (Lipinski definition) is 5.